The number of carbonyl (C=O) groups is 2. The number of aryl methyl sites for hydroxylation is 1. The van der Waals surface area contributed by atoms with Crippen molar-refractivity contribution < 1.29 is 23.8 Å². The van der Waals surface area contributed by atoms with E-state index in [-0.39, 0.29) is 23.7 Å². The van der Waals surface area contributed by atoms with E-state index in [0.29, 0.717) is 13.1 Å². The lowest BCUT2D eigenvalue weighted by molar-refractivity contribution is -0.122. The minimum Gasteiger partial charge on any atom is -0.494 e. The Hall–Kier alpha value is -2.94. The van der Waals surface area contributed by atoms with E-state index in [9.17, 15) is 9.18 Å². The topological polar surface area (TPSA) is 87.9 Å². The van der Waals surface area contributed by atoms with E-state index >= 15 is 0 Å². The monoisotopic (exact) mass is 406 g/mol. The first-order valence-electron chi connectivity index (χ1n) is 9.48. The van der Waals surface area contributed by atoms with Gasteiger partial charge in [0.15, 0.2) is 11.6 Å². The fraction of sp³-hybridized carbons (Fsp3) is 0.450. The Balaban J connectivity index is 0.000000941. The average molecular weight is 406 g/mol. The number of carboxylic acid groups (broad SMARTS) is 1. The Morgan fingerprint density at radius 3 is 2.69 bits per heavy atom. The van der Waals surface area contributed by atoms with Crippen LogP contribution in [0.5, 0.6) is 5.75 Å². The highest BCUT2D eigenvalue weighted by Crippen LogP contribution is 2.22. The fourth-order valence-corrected chi connectivity index (χ4v) is 3.23. The van der Waals surface area contributed by atoms with Crippen LogP contribution in [0, 0.1) is 5.82 Å². The van der Waals surface area contributed by atoms with Gasteiger partial charge in [-0.15, -0.1) is 0 Å². The van der Waals surface area contributed by atoms with E-state index in [0.717, 1.165) is 38.3 Å². The van der Waals surface area contributed by atoms with E-state index in [1.165, 1.54) is 19.2 Å². The van der Waals surface area contributed by atoms with Gasteiger partial charge < -0.3 is 14.7 Å². The van der Waals surface area contributed by atoms with Gasteiger partial charge in [0.1, 0.15) is 0 Å². The molecule has 1 fully saturated rings. The molecule has 1 amide bonds. The third-order valence-electron chi connectivity index (χ3n) is 4.69. The molecule has 2 aromatic rings. The van der Waals surface area contributed by atoms with Gasteiger partial charge in [-0.05, 0) is 31.5 Å². The van der Waals surface area contributed by atoms with Gasteiger partial charge >= 0.3 is 0 Å². The second-order valence-electron chi connectivity index (χ2n) is 6.51. The summed E-state index contributed by atoms with van der Waals surface area (Å²) in [6.45, 7) is 6.26. The molecule has 1 aromatic carbocycles. The van der Waals surface area contributed by atoms with Crippen LogP contribution < -0.4 is 4.74 Å². The molecule has 0 spiro atoms. The second kappa shape index (κ2) is 11.2. The maximum atomic E-state index is 14.4. The third-order valence-corrected chi connectivity index (χ3v) is 4.69. The number of nitrogens with zero attached hydrogens (tertiary/aromatic N) is 4. The van der Waals surface area contributed by atoms with Gasteiger partial charge in [0.25, 0.3) is 12.4 Å². The first-order chi connectivity index (χ1) is 14.0. The molecule has 1 N–H and O–H groups in total. The molecule has 158 valence electrons. The number of ether oxygens (including phenoxy) is 1. The number of amides is 1. The number of hydrogen-bond acceptors (Lipinski definition) is 5. The van der Waals surface area contributed by atoms with Crippen molar-refractivity contribution in [3.05, 3.63) is 47.5 Å². The van der Waals surface area contributed by atoms with Crippen molar-refractivity contribution in [3.63, 3.8) is 0 Å². The molecule has 0 aliphatic carbocycles. The van der Waals surface area contributed by atoms with Crippen molar-refractivity contribution >= 4 is 12.4 Å². The van der Waals surface area contributed by atoms with E-state index in [2.05, 4.69) is 16.9 Å². The van der Waals surface area contributed by atoms with Gasteiger partial charge in [-0.2, -0.15) is 5.10 Å². The lowest BCUT2D eigenvalue weighted by Crippen LogP contribution is -2.35. The Kier molecular flexibility index (Phi) is 8.60. The maximum Gasteiger partial charge on any atom is 0.290 e. The minimum atomic E-state index is -0.591. The summed E-state index contributed by atoms with van der Waals surface area (Å²) in [4.78, 5) is 25.1. The molecule has 1 aromatic heterocycles. The quantitative estimate of drug-likeness (QED) is 0.765. The SMILES string of the molecule is CCn1ccc(CN2CCCN(C(=O)c3cccc(OC)c3F)CC2)n1.O=CO. The lowest BCUT2D eigenvalue weighted by atomic mass is 10.1. The van der Waals surface area contributed by atoms with Crippen molar-refractivity contribution in [2.24, 2.45) is 0 Å². The number of methoxy groups -OCH3 is 1. The number of halogens is 1. The molecule has 2 heterocycles. The summed E-state index contributed by atoms with van der Waals surface area (Å²) in [6.07, 6.45) is 2.83. The Bertz CT molecular complexity index is 812. The highest BCUT2D eigenvalue weighted by atomic mass is 19.1. The fourth-order valence-electron chi connectivity index (χ4n) is 3.23. The zero-order valence-electron chi connectivity index (χ0n) is 16.8. The van der Waals surface area contributed by atoms with Gasteiger partial charge in [0, 0.05) is 45.5 Å². The van der Waals surface area contributed by atoms with E-state index in [1.54, 1.807) is 11.0 Å². The standard InChI is InChI=1S/C19H25FN4O2.CH2O2/c1-3-24-11-8-15(21-24)14-22-9-5-10-23(13-12-22)19(25)16-6-4-7-17(26-2)18(16)20;2-1-3/h4,6-8,11H,3,5,9-10,12-14H2,1-2H3;1H,(H,2,3). The van der Waals surface area contributed by atoms with Crippen molar-refractivity contribution in [1.82, 2.24) is 19.6 Å². The van der Waals surface area contributed by atoms with Gasteiger partial charge in [-0.3, -0.25) is 19.2 Å². The van der Waals surface area contributed by atoms with Crippen LogP contribution in [0.4, 0.5) is 4.39 Å². The Morgan fingerprint density at radius 1 is 1.28 bits per heavy atom. The molecule has 1 aliphatic rings. The van der Waals surface area contributed by atoms with Gasteiger partial charge in [-0.25, -0.2) is 4.39 Å². The molecular weight excluding hydrogens is 379 g/mol. The maximum absolute atomic E-state index is 14.4. The van der Waals surface area contributed by atoms with Crippen molar-refractivity contribution in [1.29, 1.82) is 0 Å². The molecule has 0 unspecified atom stereocenters. The van der Waals surface area contributed by atoms with E-state index < -0.39 is 5.82 Å². The summed E-state index contributed by atoms with van der Waals surface area (Å²) in [6, 6.07) is 6.71. The van der Waals surface area contributed by atoms with Gasteiger partial charge in [-0.1, -0.05) is 6.07 Å². The number of rotatable bonds is 5. The van der Waals surface area contributed by atoms with Crippen molar-refractivity contribution in [3.8, 4) is 5.75 Å². The van der Waals surface area contributed by atoms with E-state index in [1.807, 2.05) is 16.9 Å². The first-order valence-corrected chi connectivity index (χ1v) is 9.48. The van der Waals surface area contributed by atoms with Crippen LogP contribution in [0.15, 0.2) is 30.5 Å². The van der Waals surface area contributed by atoms with Crippen LogP contribution in [0.3, 0.4) is 0 Å². The number of benzene rings is 1. The molecule has 1 saturated heterocycles. The number of carbonyl (C=O) groups excluding carboxylic acids is 1. The van der Waals surface area contributed by atoms with Crippen LogP contribution in [-0.4, -0.2) is 70.4 Å². The highest BCUT2D eigenvalue weighted by molar-refractivity contribution is 5.95. The largest absolute Gasteiger partial charge is 0.494 e. The van der Waals surface area contributed by atoms with Crippen LogP contribution >= 0.6 is 0 Å². The minimum absolute atomic E-state index is 0.0690. The van der Waals surface area contributed by atoms with Gasteiger partial charge in [0.05, 0.1) is 18.4 Å². The zero-order valence-corrected chi connectivity index (χ0v) is 16.8. The highest BCUT2D eigenvalue weighted by Gasteiger charge is 2.24. The summed E-state index contributed by atoms with van der Waals surface area (Å²) in [5.74, 6) is -0.775. The summed E-state index contributed by atoms with van der Waals surface area (Å²) in [5, 5.41) is 11.4. The predicted octanol–water partition coefficient (Wildman–Crippen LogP) is 2.10. The number of hydrogen-bond donors (Lipinski definition) is 1. The van der Waals surface area contributed by atoms with Crippen LogP contribution in [0.1, 0.15) is 29.4 Å². The zero-order chi connectivity index (χ0) is 21.2. The summed E-state index contributed by atoms with van der Waals surface area (Å²) in [7, 11) is 1.40. The van der Waals surface area contributed by atoms with Crippen LogP contribution in [0.25, 0.3) is 0 Å². The molecular formula is C20H27FN4O4. The summed E-state index contributed by atoms with van der Waals surface area (Å²) in [5.41, 5.74) is 1.10. The molecule has 3 rings (SSSR count). The predicted molar refractivity (Wildman–Crippen MR) is 105 cm³/mol. The van der Waals surface area contributed by atoms with Crippen LogP contribution in [-0.2, 0) is 17.9 Å². The molecule has 1 aliphatic heterocycles. The molecule has 0 bridgehead atoms. The Morgan fingerprint density at radius 2 is 2.03 bits per heavy atom. The van der Waals surface area contributed by atoms with Crippen molar-refractivity contribution in [2.75, 3.05) is 33.3 Å². The smallest absolute Gasteiger partial charge is 0.290 e. The molecule has 0 atom stereocenters. The molecule has 8 nitrogen and oxygen atoms in total. The first kappa shape index (κ1) is 22.4. The molecule has 0 radical (unpaired) electrons. The van der Waals surface area contributed by atoms with Crippen LogP contribution in [0.2, 0.25) is 0 Å². The summed E-state index contributed by atoms with van der Waals surface area (Å²) < 4.78 is 21.3. The average Bonchev–Trinajstić information content (AvgIpc) is 3.05. The molecule has 29 heavy (non-hydrogen) atoms. The van der Waals surface area contributed by atoms with Gasteiger partial charge in [0.2, 0.25) is 0 Å². The lowest BCUT2D eigenvalue weighted by Gasteiger charge is -2.22. The second-order valence-corrected chi connectivity index (χ2v) is 6.51. The summed E-state index contributed by atoms with van der Waals surface area (Å²) >= 11 is 0. The van der Waals surface area contributed by atoms with E-state index in [4.69, 9.17) is 14.6 Å². The Labute approximate surface area is 169 Å². The third kappa shape index (κ3) is 6.02. The van der Waals surface area contributed by atoms with Crippen molar-refractivity contribution in [2.45, 2.75) is 26.4 Å². The molecule has 9 heteroatoms. The molecule has 0 saturated carbocycles. The number of aromatic nitrogens is 2. The normalized spacial score (nSPS) is 14.5.